The van der Waals surface area contributed by atoms with Crippen molar-refractivity contribution in [3.63, 3.8) is 0 Å². The molecule has 2 heterocycles. The summed E-state index contributed by atoms with van der Waals surface area (Å²) >= 11 is 0. The molecule has 0 radical (unpaired) electrons. The van der Waals surface area contributed by atoms with E-state index in [1.165, 1.54) is 18.2 Å². The average Bonchev–Trinajstić information content (AvgIpc) is 3.02. The fourth-order valence-corrected chi connectivity index (χ4v) is 3.41. The van der Waals surface area contributed by atoms with E-state index in [2.05, 4.69) is 9.97 Å². The number of rotatable bonds is 7. The largest absolute Gasteiger partial charge is 0.454 e. The molecule has 0 saturated heterocycles. The van der Waals surface area contributed by atoms with Crippen molar-refractivity contribution >= 4 is 28.7 Å². The zero-order valence-corrected chi connectivity index (χ0v) is 16.7. The molecule has 2 amide bonds. The standard InChI is InChI=1S/C22H19N3O6/c1-30-10-4-9-25-20(27)14-8-7-13(11-16(14)21(25)28)22(29)31-12-18-23-17-6-3-2-5-15(17)19(26)24-18/h2-3,5-8,11H,4,9-10,12H2,1H3,(H,23,24,26). The van der Waals surface area contributed by atoms with Gasteiger partial charge in [-0.2, -0.15) is 0 Å². The third kappa shape index (κ3) is 3.95. The van der Waals surface area contributed by atoms with Crippen LogP contribution in [0, 0.1) is 0 Å². The number of nitrogens with zero attached hydrogens (tertiary/aromatic N) is 2. The molecular weight excluding hydrogens is 402 g/mol. The summed E-state index contributed by atoms with van der Waals surface area (Å²) in [5.74, 6) is -1.34. The summed E-state index contributed by atoms with van der Waals surface area (Å²) in [6, 6.07) is 11.1. The van der Waals surface area contributed by atoms with Gasteiger partial charge in [-0.1, -0.05) is 12.1 Å². The number of fused-ring (bicyclic) bond motifs is 2. The average molecular weight is 421 g/mol. The van der Waals surface area contributed by atoms with Gasteiger partial charge in [0.05, 0.1) is 27.6 Å². The number of carbonyl (C=O) groups is 3. The second kappa shape index (κ2) is 8.49. The first-order valence-corrected chi connectivity index (χ1v) is 9.64. The number of ether oxygens (including phenoxy) is 2. The summed E-state index contributed by atoms with van der Waals surface area (Å²) in [4.78, 5) is 57.6. The third-order valence-electron chi connectivity index (χ3n) is 4.94. The summed E-state index contributed by atoms with van der Waals surface area (Å²) in [5.41, 5.74) is 0.703. The molecule has 9 nitrogen and oxygen atoms in total. The van der Waals surface area contributed by atoms with Crippen LogP contribution < -0.4 is 5.56 Å². The molecule has 0 aliphatic carbocycles. The molecular formula is C22H19N3O6. The zero-order valence-electron chi connectivity index (χ0n) is 16.7. The molecule has 0 atom stereocenters. The maximum absolute atomic E-state index is 12.6. The van der Waals surface area contributed by atoms with E-state index in [0.29, 0.717) is 23.9 Å². The molecule has 1 aliphatic rings. The summed E-state index contributed by atoms with van der Waals surface area (Å²) in [7, 11) is 1.54. The number of nitrogens with one attached hydrogen (secondary N) is 1. The van der Waals surface area contributed by atoms with E-state index >= 15 is 0 Å². The predicted molar refractivity (Wildman–Crippen MR) is 110 cm³/mol. The molecule has 0 fully saturated rings. The maximum atomic E-state index is 12.6. The van der Waals surface area contributed by atoms with Gasteiger partial charge in [0.25, 0.3) is 17.4 Å². The minimum atomic E-state index is -0.698. The zero-order chi connectivity index (χ0) is 22.0. The lowest BCUT2D eigenvalue weighted by Crippen LogP contribution is -2.31. The molecule has 3 aromatic rings. The maximum Gasteiger partial charge on any atom is 0.338 e. The van der Waals surface area contributed by atoms with E-state index in [-0.39, 0.29) is 41.2 Å². The molecule has 9 heteroatoms. The normalized spacial score (nSPS) is 13.0. The Morgan fingerprint density at radius 2 is 1.84 bits per heavy atom. The number of para-hydroxylation sites is 1. The van der Waals surface area contributed by atoms with Crippen LogP contribution >= 0.6 is 0 Å². The lowest BCUT2D eigenvalue weighted by molar-refractivity contribution is 0.0462. The Morgan fingerprint density at radius 1 is 1.06 bits per heavy atom. The summed E-state index contributed by atoms with van der Waals surface area (Å²) in [6.07, 6.45) is 0.522. The van der Waals surface area contributed by atoms with Gasteiger partial charge in [-0.3, -0.25) is 19.3 Å². The van der Waals surface area contributed by atoms with Crippen molar-refractivity contribution < 1.29 is 23.9 Å². The van der Waals surface area contributed by atoms with Crippen molar-refractivity contribution in [2.24, 2.45) is 0 Å². The molecule has 31 heavy (non-hydrogen) atoms. The van der Waals surface area contributed by atoms with Crippen molar-refractivity contribution in [2.45, 2.75) is 13.0 Å². The van der Waals surface area contributed by atoms with Gasteiger partial charge in [0.1, 0.15) is 12.4 Å². The molecule has 0 unspecified atom stereocenters. The van der Waals surface area contributed by atoms with Gasteiger partial charge in [-0.05, 0) is 36.8 Å². The van der Waals surface area contributed by atoms with Gasteiger partial charge < -0.3 is 14.5 Å². The molecule has 1 N–H and O–H groups in total. The van der Waals surface area contributed by atoms with Gasteiger partial charge in [0, 0.05) is 20.3 Å². The number of aromatic amines is 1. The number of esters is 1. The van der Waals surface area contributed by atoms with Crippen LogP contribution in [0.5, 0.6) is 0 Å². The number of imide groups is 1. The molecule has 2 aromatic carbocycles. The Hall–Kier alpha value is -3.85. The van der Waals surface area contributed by atoms with Gasteiger partial charge in [-0.15, -0.1) is 0 Å². The fourth-order valence-electron chi connectivity index (χ4n) is 3.41. The molecule has 0 bridgehead atoms. The highest BCUT2D eigenvalue weighted by Gasteiger charge is 2.35. The third-order valence-corrected chi connectivity index (χ3v) is 4.94. The monoisotopic (exact) mass is 421 g/mol. The highest BCUT2D eigenvalue weighted by Crippen LogP contribution is 2.24. The Bertz CT molecular complexity index is 1250. The van der Waals surface area contributed by atoms with Crippen molar-refractivity contribution in [1.29, 1.82) is 0 Å². The molecule has 1 aliphatic heterocycles. The second-order valence-electron chi connectivity index (χ2n) is 6.97. The van der Waals surface area contributed by atoms with Crippen LogP contribution in [0.3, 0.4) is 0 Å². The molecule has 1 aromatic heterocycles. The Labute approximate surface area is 176 Å². The minimum absolute atomic E-state index is 0.127. The SMILES string of the molecule is COCCCN1C(=O)c2ccc(C(=O)OCc3nc4ccccc4c(=O)[nH]3)cc2C1=O. The topological polar surface area (TPSA) is 119 Å². The Balaban J connectivity index is 1.48. The molecule has 158 valence electrons. The number of hydrogen-bond donors (Lipinski definition) is 1. The molecule has 0 spiro atoms. The van der Waals surface area contributed by atoms with Crippen molar-refractivity contribution in [3.05, 3.63) is 75.3 Å². The predicted octanol–water partition coefficient (Wildman–Crippen LogP) is 1.91. The van der Waals surface area contributed by atoms with Crippen LogP contribution in [0.1, 0.15) is 43.3 Å². The first-order valence-electron chi connectivity index (χ1n) is 9.64. The number of amides is 2. The first kappa shape index (κ1) is 20.4. The van der Waals surface area contributed by atoms with E-state index < -0.39 is 17.8 Å². The molecule has 0 saturated carbocycles. The van der Waals surface area contributed by atoms with Crippen LogP contribution in [-0.4, -0.2) is 52.9 Å². The van der Waals surface area contributed by atoms with Crippen molar-refractivity contribution in [3.8, 4) is 0 Å². The first-order chi connectivity index (χ1) is 15.0. The number of carbonyl (C=O) groups excluding carboxylic acids is 3. The van der Waals surface area contributed by atoms with Crippen molar-refractivity contribution in [2.75, 3.05) is 20.3 Å². The number of H-pyrrole nitrogens is 1. The second-order valence-corrected chi connectivity index (χ2v) is 6.97. The Morgan fingerprint density at radius 3 is 2.65 bits per heavy atom. The summed E-state index contributed by atoms with van der Waals surface area (Å²) in [5, 5.41) is 0.439. The van der Waals surface area contributed by atoms with Gasteiger partial charge in [-0.25, -0.2) is 9.78 Å². The van der Waals surface area contributed by atoms with E-state index in [0.717, 1.165) is 4.90 Å². The number of methoxy groups -OCH3 is 1. The van der Waals surface area contributed by atoms with Crippen LogP contribution in [-0.2, 0) is 16.1 Å². The van der Waals surface area contributed by atoms with Crippen LogP contribution in [0.4, 0.5) is 0 Å². The van der Waals surface area contributed by atoms with Crippen LogP contribution in [0.25, 0.3) is 10.9 Å². The smallest absolute Gasteiger partial charge is 0.338 e. The summed E-state index contributed by atoms with van der Waals surface area (Å²) in [6.45, 7) is 0.419. The number of hydrogen-bond acceptors (Lipinski definition) is 7. The van der Waals surface area contributed by atoms with Crippen LogP contribution in [0.2, 0.25) is 0 Å². The van der Waals surface area contributed by atoms with E-state index in [1.54, 1.807) is 31.4 Å². The highest BCUT2D eigenvalue weighted by atomic mass is 16.5. The van der Waals surface area contributed by atoms with E-state index in [1.807, 2.05) is 0 Å². The minimum Gasteiger partial charge on any atom is -0.454 e. The molecule has 4 rings (SSSR count). The van der Waals surface area contributed by atoms with Gasteiger partial charge in [0.15, 0.2) is 0 Å². The highest BCUT2D eigenvalue weighted by molar-refractivity contribution is 6.21. The van der Waals surface area contributed by atoms with E-state index in [4.69, 9.17) is 9.47 Å². The quantitative estimate of drug-likeness (QED) is 0.352. The lowest BCUT2D eigenvalue weighted by Gasteiger charge is -2.12. The van der Waals surface area contributed by atoms with Crippen molar-refractivity contribution in [1.82, 2.24) is 14.9 Å². The summed E-state index contributed by atoms with van der Waals surface area (Å²) < 4.78 is 10.2. The van der Waals surface area contributed by atoms with Gasteiger partial charge in [0.2, 0.25) is 0 Å². The van der Waals surface area contributed by atoms with Gasteiger partial charge >= 0.3 is 5.97 Å². The van der Waals surface area contributed by atoms with E-state index in [9.17, 15) is 19.2 Å². The number of benzene rings is 2. The van der Waals surface area contributed by atoms with Crippen LogP contribution in [0.15, 0.2) is 47.3 Å². The number of aromatic nitrogens is 2. The lowest BCUT2D eigenvalue weighted by atomic mass is 10.1. The Kier molecular flexibility index (Phi) is 5.59. The fraction of sp³-hybridized carbons (Fsp3) is 0.227.